The van der Waals surface area contributed by atoms with Gasteiger partial charge in [0.25, 0.3) is 5.91 Å². The van der Waals surface area contributed by atoms with Crippen molar-refractivity contribution in [2.45, 2.75) is 37.9 Å². The van der Waals surface area contributed by atoms with Crippen LogP contribution in [-0.4, -0.2) is 41.2 Å². The molecule has 1 amide bonds. The molecule has 1 saturated carbocycles. The Morgan fingerprint density at radius 2 is 2.22 bits per heavy atom. The Bertz CT molecular complexity index is 595. The fourth-order valence-corrected chi connectivity index (χ4v) is 3.92. The molecule has 1 aromatic heterocycles. The molecule has 5 nitrogen and oxygen atoms in total. The van der Waals surface area contributed by atoms with E-state index in [4.69, 9.17) is 4.42 Å². The molecule has 0 radical (unpaired) electrons. The number of carbonyl (C=O) groups excluding carboxylic acids is 1. The average Bonchev–Trinajstić information content (AvgIpc) is 3.22. The molecule has 1 saturated heterocycles. The Kier molecular flexibility index (Phi) is 4.71. The minimum absolute atomic E-state index is 0.182. The number of piperidine rings is 1. The van der Waals surface area contributed by atoms with Crippen LogP contribution < -0.4 is 0 Å². The molecule has 1 aromatic rings. The molecule has 2 heterocycles. The maximum absolute atomic E-state index is 12.7. The zero-order chi connectivity index (χ0) is 16.4. The lowest BCUT2D eigenvalue weighted by Gasteiger charge is -2.39. The summed E-state index contributed by atoms with van der Waals surface area (Å²) in [5, 5.41) is 9.75. The third-order valence-electron chi connectivity index (χ3n) is 4.85. The molecule has 2 aliphatic rings. The van der Waals surface area contributed by atoms with Crippen molar-refractivity contribution in [3.8, 4) is 0 Å². The number of nitrogens with zero attached hydrogens (tertiary/aromatic N) is 1. The van der Waals surface area contributed by atoms with Crippen molar-refractivity contribution in [1.29, 1.82) is 0 Å². The Morgan fingerprint density at radius 3 is 2.87 bits per heavy atom. The quantitative estimate of drug-likeness (QED) is 0.863. The van der Waals surface area contributed by atoms with Gasteiger partial charge in [-0.2, -0.15) is 11.8 Å². The molecule has 0 aromatic carbocycles. The summed E-state index contributed by atoms with van der Waals surface area (Å²) in [5.74, 6) is 1.41. The zero-order valence-electron chi connectivity index (χ0n) is 13.4. The molecule has 1 N–H and O–H groups in total. The van der Waals surface area contributed by atoms with Crippen LogP contribution in [0, 0.1) is 11.3 Å². The summed E-state index contributed by atoms with van der Waals surface area (Å²) in [6.07, 6.45) is 6.33. The second-order valence-corrected chi connectivity index (χ2v) is 7.63. The fraction of sp³-hybridized carbons (Fsp3) is 0.647. The first kappa shape index (κ1) is 16.4. The van der Waals surface area contributed by atoms with Crippen molar-refractivity contribution < 1.29 is 19.1 Å². The number of hydrogen-bond acceptors (Lipinski definition) is 4. The molecule has 23 heavy (non-hydrogen) atoms. The first-order valence-corrected chi connectivity index (χ1v) is 9.54. The van der Waals surface area contributed by atoms with Crippen LogP contribution >= 0.6 is 11.8 Å². The first-order chi connectivity index (χ1) is 11.0. The predicted octanol–water partition coefficient (Wildman–Crippen LogP) is 3.25. The van der Waals surface area contributed by atoms with E-state index in [0.717, 1.165) is 30.8 Å². The van der Waals surface area contributed by atoms with Gasteiger partial charge in [-0.25, -0.2) is 0 Å². The number of aliphatic carboxylic acids is 1. The first-order valence-electron chi connectivity index (χ1n) is 8.14. The predicted molar refractivity (Wildman–Crippen MR) is 88.5 cm³/mol. The maximum Gasteiger partial charge on any atom is 0.311 e. The second kappa shape index (κ2) is 6.59. The molecule has 1 atom stereocenters. The molecule has 0 spiro atoms. The highest BCUT2D eigenvalue weighted by molar-refractivity contribution is 7.97. The molecule has 3 rings (SSSR count). The van der Waals surface area contributed by atoms with Crippen molar-refractivity contribution in [1.82, 2.24) is 4.90 Å². The smallest absolute Gasteiger partial charge is 0.311 e. The van der Waals surface area contributed by atoms with Gasteiger partial charge in [0.15, 0.2) is 5.76 Å². The van der Waals surface area contributed by atoms with E-state index >= 15 is 0 Å². The minimum atomic E-state index is -0.774. The average molecular weight is 337 g/mol. The number of amides is 1. The SMILES string of the molecule is CSCc1ccc(C(=O)N2CCC[C@@](CC3CC3)(C(=O)O)C2)o1. The molecule has 0 unspecified atom stereocenters. The van der Waals surface area contributed by atoms with E-state index in [1.165, 1.54) is 0 Å². The molecular formula is C17H23NO4S. The van der Waals surface area contributed by atoms with Crippen LogP contribution in [0.5, 0.6) is 0 Å². The lowest BCUT2D eigenvalue weighted by atomic mass is 9.75. The van der Waals surface area contributed by atoms with Crippen LogP contribution in [-0.2, 0) is 10.5 Å². The number of carboxylic acid groups (broad SMARTS) is 1. The van der Waals surface area contributed by atoms with Gasteiger partial charge in [0, 0.05) is 13.1 Å². The molecule has 1 aliphatic heterocycles. The number of rotatable bonds is 6. The number of hydrogen-bond donors (Lipinski definition) is 1. The molecule has 1 aliphatic carbocycles. The lowest BCUT2D eigenvalue weighted by Crippen LogP contribution is -2.50. The van der Waals surface area contributed by atoms with Gasteiger partial charge < -0.3 is 14.4 Å². The summed E-state index contributed by atoms with van der Waals surface area (Å²) in [6.45, 7) is 0.910. The lowest BCUT2D eigenvalue weighted by molar-refractivity contribution is -0.152. The number of likely N-dealkylation sites (tertiary alicyclic amines) is 1. The van der Waals surface area contributed by atoms with Crippen LogP contribution in [0.1, 0.15) is 48.4 Å². The van der Waals surface area contributed by atoms with Crippen LogP contribution in [0.15, 0.2) is 16.5 Å². The van der Waals surface area contributed by atoms with Gasteiger partial charge in [-0.15, -0.1) is 0 Å². The van der Waals surface area contributed by atoms with Crippen molar-refractivity contribution >= 4 is 23.6 Å². The summed E-state index contributed by atoms with van der Waals surface area (Å²) in [4.78, 5) is 26.2. The van der Waals surface area contributed by atoms with Gasteiger partial charge in [0.05, 0.1) is 11.2 Å². The summed E-state index contributed by atoms with van der Waals surface area (Å²) < 4.78 is 5.60. The summed E-state index contributed by atoms with van der Waals surface area (Å²) in [5.41, 5.74) is -0.774. The van der Waals surface area contributed by atoms with Gasteiger partial charge in [-0.05, 0) is 43.6 Å². The molecule has 6 heteroatoms. The normalized spacial score (nSPS) is 24.7. The van der Waals surface area contributed by atoms with Crippen molar-refractivity contribution in [2.75, 3.05) is 19.3 Å². The summed E-state index contributed by atoms with van der Waals surface area (Å²) in [6, 6.07) is 3.52. The van der Waals surface area contributed by atoms with Gasteiger partial charge in [0.2, 0.25) is 0 Å². The number of carboxylic acids is 1. The third-order valence-corrected chi connectivity index (χ3v) is 5.43. The maximum atomic E-state index is 12.7. The highest BCUT2D eigenvalue weighted by Gasteiger charge is 2.47. The standard InChI is InChI=1S/C17H23NO4S/c1-23-10-13-5-6-14(22-13)15(19)18-8-2-7-17(11-18,16(20)21)9-12-3-4-12/h5-6,12H,2-4,7-11H2,1H3,(H,20,21)/t17-/m0/s1. The van der Waals surface area contributed by atoms with E-state index in [1.807, 2.05) is 12.3 Å². The number of furan rings is 1. The van der Waals surface area contributed by atoms with Gasteiger partial charge in [-0.3, -0.25) is 9.59 Å². The minimum Gasteiger partial charge on any atom is -0.481 e. The Morgan fingerprint density at radius 1 is 1.43 bits per heavy atom. The van der Waals surface area contributed by atoms with E-state index in [0.29, 0.717) is 37.6 Å². The van der Waals surface area contributed by atoms with Gasteiger partial charge >= 0.3 is 5.97 Å². The highest BCUT2D eigenvalue weighted by Crippen LogP contribution is 2.45. The van der Waals surface area contributed by atoms with E-state index in [2.05, 4.69) is 0 Å². The van der Waals surface area contributed by atoms with E-state index in [-0.39, 0.29) is 5.91 Å². The van der Waals surface area contributed by atoms with Crippen LogP contribution in [0.3, 0.4) is 0 Å². The summed E-state index contributed by atoms with van der Waals surface area (Å²) in [7, 11) is 0. The highest BCUT2D eigenvalue weighted by atomic mass is 32.2. The Hall–Kier alpha value is -1.43. The van der Waals surface area contributed by atoms with Crippen molar-refractivity contribution in [3.05, 3.63) is 23.7 Å². The second-order valence-electron chi connectivity index (χ2n) is 6.76. The molecule has 126 valence electrons. The monoisotopic (exact) mass is 337 g/mol. The number of carbonyl (C=O) groups is 2. The van der Waals surface area contributed by atoms with Crippen LogP contribution in [0.2, 0.25) is 0 Å². The van der Waals surface area contributed by atoms with Crippen LogP contribution in [0.25, 0.3) is 0 Å². The van der Waals surface area contributed by atoms with Crippen LogP contribution in [0.4, 0.5) is 0 Å². The Labute approximate surface area is 140 Å². The fourth-order valence-electron chi connectivity index (χ4n) is 3.48. The number of thioether (sulfide) groups is 1. The largest absolute Gasteiger partial charge is 0.481 e. The van der Waals surface area contributed by atoms with Gasteiger partial charge in [-0.1, -0.05) is 12.8 Å². The molecule has 0 bridgehead atoms. The van der Waals surface area contributed by atoms with E-state index in [1.54, 1.807) is 22.7 Å². The van der Waals surface area contributed by atoms with Gasteiger partial charge in [0.1, 0.15) is 5.76 Å². The summed E-state index contributed by atoms with van der Waals surface area (Å²) >= 11 is 1.64. The van der Waals surface area contributed by atoms with E-state index < -0.39 is 11.4 Å². The molecular weight excluding hydrogens is 314 g/mol. The van der Waals surface area contributed by atoms with Crippen molar-refractivity contribution in [2.24, 2.45) is 11.3 Å². The van der Waals surface area contributed by atoms with E-state index in [9.17, 15) is 14.7 Å². The third kappa shape index (κ3) is 3.57. The Balaban J connectivity index is 1.73. The topological polar surface area (TPSA) is 70.8 Å². The molecule has 2 fully saturated rings. The zero-order valence-corrected chi connectivity index (χ0v) is 14.2. The van der Waals surface area contributed by atoms with Crippen molar-refractivity contribution in [3.63, 3.8) is 0 Å².